The fourth-order valence-electron chi connectivity index (χ4n) is 3.70. The highest BCUT2D eigenvalue weighted by atomic mass is 19.3. The number of aromatic nitrogens is 1. The maximum atomic E-state index is 12.6. The zero-order chi connectivity index (χ0) is 21.3. The number of amidine groups is 1. The summed E-state index contributed by atoms with van der Waals surface area (Å²) in [5.41, 5.74) is 10.3. The minimum Gasteiger partial charge on any atom is -0.462 e. The molecule has 154 valence electrons. The lowest BCUT2D eigenvalue weighted by Gasteiger charge is -2.26. The van der Waals surface area contributed by atoms with Gasteiger partial charge in [0, 0.05) is 18.0 Å². The molecule has 2 heterocycles. The summed E-state index contributed by atoms with van der Waals surface area (Å²) in [6.45, 7) is 1.03. The van der Waals surface area contributed by atoms with E-state index in [2.05, 4.69) is 20.8 Å². The van der Waals surface area contributed by atoms with Crippen LogP contribution in [0.2, 0.25) is 0 Å². The van der Waals surface area contributed by atoms with Gasteiger partial charge in [0.05, 0.1) is 0 Å². The molecule has 0 saturated carbocycles. The van der Waals surface area contributed by atoms with Gasteiger partial charge in [0.1, 0.15) is 12.4 Å². The molecule has 2 N–H and O–H groups in total. The highest BCUT2D eigenvalue weighted by Gasteiger charge is 2.40. The minimum atomic E-state index is -2.88. The molecule has 0 amide bonds. The monoisotopic (exact) mass is 409 g/mol. The number of halogens is 2. The van der Waals surface area contributed by atoms with Crippen molar-refractivity contribution in [2.75, 3.05) is 6.61 Å². The average Bonchev–Trinajstić information content (AvgIpc) is 3.12. The SMILES string of the molecule is Cc1cncc(-c2cccc([C@]3(c4ccc(OC(F)F)c(C)c4)COC(N)=N3)c2)c1. The second kappa shape index (κ2) is 7.74. The molecular weight excluding hydrogens is 388 g/mol. The lowest BCUT2D eigenvalue weighted by Crippen LogP contribution is -2.27. The van der Waals surface area contributed by atoms with Gasteiger partial charge in [-0.1, -0.05) is 24.3 Å². The van der Waals surface area contributed by atoms with E-state index in [4.69, 9.17) is 10.5 Å². The molecule has 0 saturated heterocycles. The standard InChI is InChI=1S/C23H21F2N3O2/c1-14-8-17(12-27-11-14)16-4-3-5-18(10-16)23(13-29-22(26)28-23)19-6-7-20(15(2)9-19)30-21(24)25/h3-12,21H,13H2,1-2H3,(H2,26,28)/t23-/m0/s1. The lowest BCUT2D eigenvalue weighted by molar-refractivity contribution is -0.0503. The molecular formula is C23H21F2N3O2. The summed E-state index contributed by atoms with van der Waals surface area (Å²) < 4.78 is 35.4. The number of aryl methyl sites for hydroxylation is 2. The van der Waals surface area contributed by atoms with E-state index in [1.165, 1.54) is 6.07 Å². The number of aliphatic imine (C=N–C) groups is 1. The molecule has 5 nitrogen and oxygen atoms in total. The van der Waals surface area contributed by atoms with Crippen LogP contribution in [0.25, 0.3) is 11.1 Å². The van der Waals surface area contributed by atoms with Gasteiger partial charge in [0.25, 0.3) is 6.02 Å². The fourth-order valence-corrected chi connectivity index (χ4v) is 3.70. The number of pyridine rings is 1. The summed E-state index contributed by atoms with van der Waals surface area (Å²) in [6.07, 6.45) is 3.61. The van der Waals surface area contributed by atoms with E-state index < -0.39 is 12.2 Å². The van der Waals surface area contributed by atoms with Crippen molar-refractivity contribution in [3.8, 4) is 16.9 Å². The van der Waals surface area contributed by atoms with Crippen molar-refractivity contribution in [2.45, 2.75) is 26.0 Å². The zero-order valence-electron chi connectivity index (χ0n) is 16.6. The molecule has 0 unspecified atom stereocenters. The van der Waals surface area contributed by atoms with E-state index in [1.807, 2.05) is 37.4 Å². The number of hydrogen-bond acceptors (Lipinski definition) is 5. The number of nitrogens with zero attached hydrogens (tertiary/aromatic N) is 2. The minimum absolute atomic E-state index is 0.0863. The van der Waals surface area contributed by atoms with Crippen molar-refractivity contribution >= 4 is 6.02 Å². The van der Waals surface area contributed by atoms with Gasteiger partial charge < -0.3 is 15.2 Å². The first-order chi connectivity index (χ1) is 14.4. The summed E-state index contributed by atoms with van der Waals surface area (Å²) in [6, 6.07) is 15.1. The third-order valence-electron chi connectivity index (χ3n) is 5.15. The number of alkyl halides is 2. The maximum Gasteiger partial charge on any atom is 0.387 e. The van der Waals surface area contributed by atoms with E-state index in [0.717, 1.165) is 27.8 Å². The second-order valence-corrected chi connectivity index (χ2v) is 7.29. The van der Waals surface area contributed by atoms with E-state index in [1.54, 1.807) is 25.3 Å². The normalized spacial score (nSPS) is 18.2. The summed E-state index contributed by atoms with van der Waals surface area (Å²) in [4.78, 5) is 8.88. The molecule has 1 aromatic heterocycles. The quantitative estimate of drug-likeness (QED) is 0.671. The van der Waals surface area contributed by atoms with Gasteiger partial charge >= 0.3 is 6.61 Å². The molecule has 0 aliphatic carbocycles. The summed E-state index contributed by atoms with van der Waals surface area (Å²) in [5, 5.41) is 0. The van der Waals surface area contributed by atoms with Crippen LogP contribution in [0.3, 0.4) is 0 Å². The molecule has 7 heteroatoms. The van der Waals surface area contributed by atoms with Gasteiger partial charge in [-0.3, -0.25) is 4.98 Å². The molecule has 0 radical (unpaired) electrons. The van der Waals surface area contributed by atoms with Gasteiger partial charge in [-0.05, 0) is 65.9 Å². The van der Waals surface area contributed by atoms with Crippen LogP contribution in [-0.2, 0) is 10.3 Å². The van der Waals surface area contributed by atoms with Crippen molar-refractivity contribution in [1.82, 2.24) is 4.98 Å². The zero-order valence-corrected chi connectivity index (χ0v) is 16.6. The molecule has 4 rings (SSSR count). The predicted octanol–water partition coefficient (Wildman–Crippen LogP) is 4.56. The fraction of sp³-hybridized carbons (Fsp3) is 0.217. The number of nitrogens with two attached hydrogens (primary N) is 1. The maximum absolute atomic E-state index is 12.6. The van der Waals surface area contributed by atoms with Crippen molar-refractivity contribution in [1.29, 1.82) is 0 Å². The van der Waals surface area contributed by atoms with Crippen molar-refractivity contribution in [3.63, 3.8) is 0 Å². The lowest BCUT2D eigenvalue weighted by atomic mass is 9.82. The van der Waals surface area contributed by atoms with Crippen LogP contribution in [0, 0.1) is 13.8 Å². The van der Waals surface area contributed by atoms with Crippen molar-refractivity contribution in [3.05, 3.63) is 83.2 Å². The average molecular weight is 409 g/mol. The van der Waals surface area contributed by atoms with E-state index in [-0.39, 0.29) is 18.4 Å². The van der Waals surface area contributed by atoms with Crippen LogP contribution in [-0.4, -0.2) is 24.2 Å². The Bertz CT molecular complexity index is 1120. The molecule has 1 atom stereocenters. The summed E-state index contributed by atoms with van der Waals surface area (Å²) in [7, 11) is 0. The number of hydrogen-bond donors (Lipinski definition) is 1. The highest BCUT2D eigenvalue weighted by Crippen LogP contribution is 2.40. The van der Waals surface area contributed by atoms with Gasteiger partial charge in [-0.2, -0.15) is 8.78 Å². The van der Waals surface area contributed by atoms with Crippen molar-refractivity contribution in [2.24, 2.45) is 10.7 Å². The Morgan fingerprint density at radius 3 is 2.50 bits per heavy atom. The third-order valence-corrected chi connectivity index (χ3v) is 5.15. The Balaban J connectivity index is 1.81. The Morgan fingerprint density at radius 1 is 1.03 bits per heavy atom. The first kappa shape index (κ1) is 19.8. The molecule has 0 spiro atoms. The second-order valence-electron chi connectivity index (χ2n) is 7.29. The van der Waals surface area contributed by atoms with Crippen LogP contribution in [0.15, 0.2) is 65.9 Å². The summed E-state index contributed by atoms with van der Waals surface area (Å²) >= 11 is 0. The van der Waals surface area contributed by atoms with Gasteiger partial charge in [0.15, 0.2) is 5.54 Å². The molecule has 0 fully saturated rings. The van der Waals surface area contributed by atoms with Gasteiger partial charge in [-0.25, -0.2) is 4.99 Å². The van der Waals surface area contributed by atoms with E-state index in [9.17, 15) is 8.78 Å². The van der Waals surface area contributed by atoms with E-state index in [0.29, 0.717) is 5.56 Å². The Morgan fingerprint density at radius 2 is 1.83 bits per heavy atom. The Hall–Kier alpha value is -3.48. The predicted molar refractivity (Wildman–Crippen MR) is 111 cm³/mol. The van der Waals surface area contributed by atoms with E-state index >= 15 is 0 Å². The van der Waals surface area contributed by atoms with Crippen LogP contribution in [0.1, 0.15) is 22.3 Å². The topological polar surface area (TPSA) is 69.7 Å². The highest BCUT2D eigenvalue weighted by molar-refractivity contribution is 5.76. The van der Waals surface area contributed by atoms with Crippen LogP contribution >= 0.6 is 0 Å². The molecule has 30 heavy (non-hydrogen) atoms. The van der Waals surface area contributed by atoms with Crippen LogP contribution in [0.4, 0.5) is 8.78 Å². The third kappa shape index (κ3) is 3.70. The van der Waals surface area contributed by atoms with Crippen LogP contribution in [0.5, 0.6) is 5.75 Å². The first-order valence-corrected chi connectivity index (χ1v) is 9.44. The van der Waals surface area contributed by atoms with Crippen LogP contribution < -0.4 is 10.5 Å². The molecule has 1 aliphatic heterocycles. The molecule has 1 aliphatic rings. The molecule has 0 bridgehead atoms. The number of ether oxygens (including phenoxy) is 2. The van der Waals surface area contributed by atoms with Gasteiger partial charge in [-0.15, -0.1) is 0 Å². The first-order valence-electron chi connectivity index (χ1n) is 9.44. The Labute approximate surface area is 173 Å². The smallest absolute Gasteiger partial charge is 0.387 e. The van der Waals surface area contributed by atoms with Gasteiger partial charge in [0.2, 0.25) is 0 Å². The largest absolute Gasteiger partial charge is 0.462 e. The molecule has 2 aromatic carbocycles. The Kier molecular flexibility index (Phi) is 5.11. The molecule has 3 aromatic rings. The number of benzene rings is 2. The summed E-state index contributed by atoms with van der Waals surface area (Å²) in [5.74, 6) is 0.124. The number of rotatable bonds is 5. The van der Waals surface area contributed by atoms with Crippen molar-refractivity contribution < 1.29 is 18.3 Å².